The number of fused-ring (bicyclic) bond motifs is 1. The Labute approximate surface area is 155 Å². The van der Waals surface area contributed by atoms with Crippen molar-refractivity contribution in [1.29, 1.82) is 0 Å². The quantitative estimate of drug-likeness (QED) is 0.631. The van der Waals surface area contributed by atoms with E-state index in [1.807, 2.05) is 0 Å². The van der Waals surface area contributed by atoms with E-state index < -0.39 is 5.60 Å². The lowest BCUT2D eigenvalue weighted by molar-refractivity contribution is -0.134. The number of rotatable bonds is 8. The SMILES string of the molecule is CCC(C)(C(C)C)C(C)C(=O)C1C2CC(O)(CC(C)C3(C)CC3)C21C. The molecule has 0 aromatic heterocycles. The molecule has 0 saturated heterocycles. The summed E-state index contributed by atoms with van der Waals surface area (Å²) in [7, 11) is 0. The second kappa shape index (κ2) is 5.57. The van der Waals surface area contributed by atoms with Crippen LogP contribution in [0.5, 0.6) is 0 Å². The van der Waals surface area contributed by atoms with Gasteiger partial charge >= 0.3 is 0 Å². The van der Waals surface area contributed by atoms with Gasteiger partial charge in [0.25, 0.3) is 0 Å². The van der Waals surface area contributed by atoms with Crippen molar-refractivity contribution in [3.63, 3.8) is 0 Å². The van der Waals surface area contributed by atoms with E-state index in [0.717, 1.165) is 19.3 Å². The Morgan fingerprint density at radius 2 is 1.76 bits per heavy atom. The zero-order chi connectivity index (χ0) is 19.0. The van der Waals surface area contributed by atoms with E-state index in [9.17, 15) is 9.90 Å². The van der Waals surface area contributed by atoms with Crippen LogP contribution in [-0.2, 0) is 4.79 Å². The zero-order valence-corrected chi connectivity index (χ0v) is 17.8. The summed E-state index contributed by atoms with van der Waals surface area (Å²) in [4.78, 5) is 13.4. The van der Waals surface area contributed by atoms with Crippen LogP contribution in [0.3, 0.4) is 0 Å². The maximum absolute atomic E-state index is 13.4. The predicted molar refractivity (Wildman–Crippen MR) is 103 cm³/mol. The normalized spacial score (nSPS) is 42.8. The van der Waals surface area contributed by atoms with Gasteiger partial charge in [-0.2, -0.15) is 0 Å². The summed E-state index contributed by atoms with van der Waals surface area (Å²) >= 11 is 0. The Balaban J connectivity index is 1.71. The summed E-state index contributed by atoms with van der Waals surface area (Å²) in [5, 5.41) is 11.4. The minimum Gasteiger partial charge on any atom is -0.389 e. The second-order valence-corrected chi connectivity index (χ2v) is 11.0. The molecule has 0 spiro atoms. The number of carbonyl (C=O) groups is 1. The Kier molecular flexibility index (Phi) is 4.32. The molecule has 3 fully saturated rings. The van der Waals surface area contributed by atoms with Gasteiger partial charge in [-0.05, 0) is 60.7 Å². The molecule has 0 aliphatic heterocycles. The van der Waals surface area contributed by atoms with E-state index in [0.29, 0.717) is 29.0 Å². The molecular formula is C23H40O2. The molecule has 3 saturated carbocycles. The van der Waals surface area contributed by atoms with Crippen LogP contribution in [0, 0.1) is 45.8 Å². The van der Waals surface area contributed by atoms with Crippen LogP contribution in [0.25, 0.3) is 0 Å². The molecule has 0 aromatic carbocycles. The van der Waals surface area contributed by atoms with E-state index >= 15 is 0 Å². The van der Waals surface area contributed by atoms with Gasteiger partial charge < -0.3 is 5.11 Å². The highest BCUT2D eigenvalue weighted by atomic mass is 16.3. The first kappa shape index (κ1) is 19.4. The van der Waals surface area contributed by atoms with Crippen LogP contribution in [0.2, 0.25) is 0 Å². The van der Waals surface area contributed by atoms with E-state index in [-0.39, 0.29) is 22.7 Å². The topological polar surface area (TPSA) is 37.3 Å². The van der Waals surface area contributed by atoms with Gasteiger partial charge in [-0.1, -0.05) is 55.4 Å². The van der Waals surface area contributed by atoms with E-state index in [1.54, 1.807) is 0 Å². The monoisotopic (exact) mass is 348 g/mol. The second-order valence-electron chi connectivity index (χ2n) is 11.0. The fourth-order valence-corrected chi connectivity index (χ4v) is 6.07. The molecule has 0 heterocycles. The van der Waals surface area contributed by atoms with Crippen molar-refractivity contribution in [3.05, 3.63) is 0 Å². The number of carbonyl (C=O) groups excluding carboxylic acids is 1. The van der Waals surface area contributed by atoms with Gasteiger partial charge in [0.05, 0.1) is 5.60 Å². The largest absolute Gasteiger partial charge is 0.389 e. The van der Waals surface area contributed by atoms with Gasteiger partial charge in [-0.3, -0.25) is 4.79 Å². The van der Waals surface area contributed by atoms with E-state index in [2.05, 4.69) is 55.4 Å². The molecule has 7 unspecified atom stereocenters. The fraction of sp³-hybridized carbons (Fsp3) is 0.957. The summed E-state index contributed by atoms with van der Waals surface area (Å²) in [6, 6.07) is 0. The maximum atomic E-state index is 13.4. The van der Waals surface area contributed by atoms with Gasteiger partial charge in [0.1, 0.15) is 5.78 Å². The summed E-state index contributed by atoms with van der Waals surface area (Å²) in [6.07, 6.45) is 5.35. The molecule has 0 aromatic rings. The van der Waals surface area contributed by atoms with Crippen molar-refractivity contribution in [1.82, 2.24) is 0 Å². The fourth-order valence-electron chi connectivity index (χ4n) is 6.07. The minimum atomic E-state index is -0.608. The van der Waals surface area contributed by atoms with Crippen LogP contribution in [0.4, 0.5) is 0 Å². The highest BCUT2D eigenvalue weighted by molar-refractivity contribution is 5.89. The molecule has 0 bridgehead atoms. The smallest absolute Gasteiger partial charge is 0.140 e. The predicted octanol–water partition coefficient (Wildman–Crippen LogP) is 5.48. The minimum absolute atomic E-state index is 0.0579. The molecule has 0 radical (unpaired) electrons. The third-order valence-electron chi connectivity index (χ3n) is 9.95. The number of hydrogen-bond acceptors (Lipinski definition) is 2. The molecule has 1 N–H and O–H groups in total. The maximum Gasteiger partial charge on any atom is 0.140 e. The van der Waals surface area contributed by atoms with Crippen molar-refractivity contribution in [2.45, 2.75) is 93.1 Å². The molecular weight excluding hydrogens is 308 g/mol. The van der Waals surface area contributed by atoms with Crippen molar-refractivity contribution in [2.24, 2.45) is 45.8 Å². The molecule has 25 heavy (non-hydrogen) atoms. The molecule has 144 valence electrons. The van der Waals surface area contributed by atoms with Crippen LogP contribution in [-0.4, -0.2) is 16.5 Å². The first-order valence-electron chi connectivity index (χ1n) is 10.6. The van der Waals surface area contributed by atoms with Crippen LogP contribution >= 0.6 is 0 Å². The first-order chi connectivity index (χ1) is 11.4. The molecule has 2 nitrogen and oxygen atoms in total. The molecule has 3 aliphatic carbocycles. The number of ketones is 1. The first-order valence-corrected chi connectivity index (χ1v) is 10.6. The van der Waals surface area contributed by atoms with Crippen molar-refractivity contribution in [3.8, 4) is 0 Å². The zero-order valence-electron chi connectivity index (χ0n) is 17.8. The summed E-state index contributed by atoms with van der Waals surface area (Å²) in [6.45, 7) is 18.0. The lowest BCUT2D eigenvalue weighted by Gasteiger charge is -2.46. The van der Waals surface area contributed by atoms with E-state index in [4.69, 9.17) is 0 Å². The number of hydrogen-bond donors (Lipinski definition) is 1. The van der Waals surface area contributed by atoms with Gasteiger partial charge in [0, 0.05) is 17.3 Å². The average molecular weight is 349 g/mol. The third-order valence-corrected chi connectivity index (χ3v) is 9.95. The molecule has 3 aliphatic rings. The summed E-state index contributed by atoms with van der Waals surface area (Å²) < 4.78 is 0. The van der Waals surface area contributed by atoms with Gasteiger partial charge in [-0.25, -0.2) is 0 Å². The van der Waals surface area contributed by atoms with E-state index in [1.165, 1.54) is 12.8 Å². The Hall–Kier alpha value is -0.370. The third kappa shape index (κ3) is 2.49. The highest BCUT2D eigenvalue weighted by Gasteiger charge is 2.82. The highest BCUT2D eigenvalue weighted by Crippen LogP contribution is 2.79. The van der Waals surface area contributed by atoms with Crippen molar-refractivity contribution in [2.75, 3.05) is 0 Å². The molecule has 3 rings (SSSR count). The standard InChI is InChI=1S/C23H40O2/c1-9-21(7,14(2)3)16(5)19(24)18-17-13-23(25,22(17,18)8)12-15(4)20(6)10-11-20/h14-18,25H,9-13H2,1-8H3. The Bertz CT molecular complexity index is 562. The average Bonchev–Trinajstić information content (AvgIpc) is 3.41. The lowest BCUT2D eigenvalue weighted by atomic mass is 9.63. The number of aliphatic hydroxyl groups is 1. The summed E-state index contributed by atoms with van der Waals surface area (Å²) in [5.41, 5.74) is -0.258. The van der Waals surface area contributed by atoms with Crippen LogP contribution in [0.1, 0.15) is 87.5 Å². The Morgan fingerprint density at radius 3 is 2.20 bits per heavy atom. The molecule has 7 atom stereocenters. The van der Waals surface area contributed by atoms with Gasteiger partial charge in [0.2, 0.25) is 0 Å². The molecule has 2 heteroatoms. The van der Waals surface area contributed by atoms with Crippen molar-refractivity contribution < 1.29 is 9.90 Å². The Morgan fingerprint density at radius 1 is 1.20 bits per heavy atom. The van der Waals surface area contributed by atoms with Crippen molar-refractivity contribution >= 4 is 5.78 Å². The molecule has 0 amide bonds. The van der Waals surface area contributed by atoms with Gasteiger partial charge in [0.15, 0.2) is 0 Å². The van der Waals surface area contributed by atoms with Crippen LogP contribution in [0.15, 0.2) is 0 Å². The van der Waals surface area contributed by atoms with Gasteiger partial charge in [-0.15, -0.1) is 0 Å². The number of Topliss-reactive ketones (excluding diaryl/α,β-unsaturated/α-hetero) is 1. The lowest BCUT2D eigenvalue weighted by Crippen LogP contribution is -2.50. The van der Waals surface area contributed by atoms with Crippen LogP contribution < -0.4 is 0 Å². The summed E-state index contributed by atoms with van der Waals surface area (Å²) in [5.74, 6) is 2.07.